The maximum atomic E-state index is 2.57. The van der Waals surface area contributed by atoms with E-state index >= 15 is 0 Å². The second-order valence-electron chi connectivity index (χ2n) is 7.51. The zero-order valence-corrected chi connectivity index (χ0v) is 12.2. The molecule has 16 heavy (non-hydrogen) atoms. The van der Waals surface area contributed by atoms with Gasteiger partial charge in [-0.2, -0.15) is 0 Å². The van der Waals surface area contributed by atoms with E-state index in [2.05, 4.69) is 19.6 Å². The molecule has 1 heteroatoms. The number of rotatable bonds is 1. The molecule has 0 aliphatic heterocycles. The maximum absolute atomic E-state index is 2.57. The van der Waals surface area contributed by atoms with E-state index in [1.54, 1.807) is 6.42 Å². The fraction of sp³-hybridized carbons (Fsp3) is 0.867. The fourth-order valence-corrected chi connectivity index (χ4v) is 7.02. The largest absolute Gasteiger partial charge is 0.0810 e. The molecule has 3 rings (SSSR count). The Balaban J connectivity index is 2.08. The van der Waals surface area contributed by atoms with Crippen molar-refractivity contribution in [3.8, 4) is 0 Å². The lowest BCUT2D eigenvalue weighted by atomic mass is 9.62. The minimum Gasteiger partial charge on any atom is -0.0810 e. The van der Waals surface area contributed by atoms with E-state index in [0.29, 0.717) is 0 Å². The molecule has 3 aliphatic carbocycles. The molecule has 0 N–H and O–H groups in total. The summed E-state index contributed by atoms with van der Waals surface area (Å²) in [4.78, 5) is 0. The highest BCUT2D eigenvalue weighted by molar-refractivity contribution is 6.83. The van der Waals surface area contributed by atoms with Crippen LogP contribution in [0.25, 0.3) is 0 Å². The second-order valence-corrected chi connectivity index (χ2v) is 12.6. The third-order valence-electron chi connectivity index (χ3n) is 5.43. The van der Waals surface area contributed by atoms with Gasteiger partial charge in [-0.15, -0.1) is 0 Å². The van der Waals surface area contributed by atoms with E-state index in [0.717, 1.165) is 11.3 Å². The Labute approximate surface area is 102 Å². The molecule has 0 aromatic carbocycles. The first-order valence-corrected chi connectivity index (χ1v) is 10.7. The number of hydrogen-bond donors (Lipinski definition) is 0. The van der Waals surface area contributed by atoms with Crippen molar-refractivity contribution in [1.82, 2.24) is 0 Å². The summed E-state index contributed by atoms with van der Waals surface area (Å²) in [6, 6.07) is 0. The standard InChI is InChI=1S/C15H26Si/c1-16(2,3)14-10-12-6-4-8-15(11-12)9-5-7-13(14)15/h12H,4-11H2,1-3H3. The average molecular weight is 234 g/mol. The Morgan fingerprint density at radius 3 is 2.62 bits per heavy atom. The van der Waals surface area contributed by atoms with Gasteiger partial charge < -0.3 is 0 Å². The Kier molecular flexibility index (Phi) is 2.40. The molecule has 3 aliphatic rings. The van der Waals surface area contributed by atoms with Crippen LogP contribution in [0.2, 0.25) is 19.6 Å². The number of fused-ring (bicyclic) bond motifs is 1. The number of hydrogen-bond acceptors (Lipinski definition) is 0. The first-order valence-electron chi connectivity index (χ1n) is 7.24. The Hall–Kier alpha value is -0.0431. The molecule has 2 bridgehead atoms. The van der Waals surface area contributed by atoms with Crippen molar-refractivity contribution >= 4 is 8.07 Å². The van der Waals surface area contributed by atoms with E-state index in [1.807, 2.05) is 10.8 Å². The van der Waals surface area contributed by atoms with Crippen molar-refractivity contribution < 1.29 is 0 Å². The first-order chi connectivity index (χ1) is 7.51. The summed E-state index contributed by atoms with van der Waals surface area (Å²) >= 11 is 0. The van der Waals surface area contributed by atoms with Crippen LogP contribution in [0.3, 0.4) is 0 Å². The van der Waals surface area contributed by atoms with E-state index in [4.69, 9.17) is 0 Å². The molecule has 2 atom stereocenters. The Bertz CT molecular complexity index is 334. The SMILES string of the molecule is C[Si](C)(C)C1=C2CCCC23CCCC(C1)C3. The Morgan fingerprint density at radius 1 is 1.12 bits per heavy atom. The molecule has 0 saturated heterocycles. The summed E-state index contributed by atoms with van der Waals surface area (Å²) in [5.41, 5.74) is 2.72. The molecule has 2 unspecified atom stereocenters. The zero-order chi connectivity index (χ0) is 11.4. The van der Waals surface area contributed by atoms with Gasteiger partial charge in [-0.25, -0.2) is 0 Å². The highest BCUT2D eigenvalue weighted by Crippen LogP contribution is 2.60. The molecule has 0 heterocycles. The molecule has 2 saturated carbocycles. The summed E-state index contributed by atoms with van der Waals surface area (Å²) in [5, 5.41) is 2.00. The fourth-order valence-electron chi connectivity index (χ4n) is 4.82. The van der Waals surface area contributed by atoms with Crippen molar-refractivity contribution in [2.75, 3.05) is 0 Å². The van der Waals surface area contributed by atoms with Gasteiger partial charge in [-0.3, -0.25) is 0 Å². The second kappa shape index (κ2) is 3.47. The first kappa shape index (κ1) is 11.1. The predicted molar refractivity (Wildman–Crippen MR) is 73.2 cm³/mol. The molecule has 1 spiro atoms. The molecule has 0 radical (unpaired) electrons. The van der Waals surface area contributed by atoms with Crippen LogP contribution in [0.5, 0.6) is 0 Å². The van der Waals surface area contributed by atoms with Crippen molar-refractivity contribution in [3.63, 3.8) is 0 Å². The maximum Gasteiger partial charge on any atom is 0.0724 e. The smallest absolute Gasteiger partial charge is 0.0724 e. The van der Waals surface area contributed by atoms with Crippen LogP contribution in [-0.2, 0) is 0 Å². The average Bonchev–Trinajstić information content (AvgIpc) is 2.57. The third kappa shape index (κ3) is 1.54. The van der Waals surface area contributed by atoms with Crippen molar-refractivity contribution in [2.45, 2.75) is 71.0 Å². The van der Waals surface area contributed by atoms with Gasteiger partial charge in [0, 0.05) is 0 Å². The van der Waals surface area contributed by atoms with E-state index < -0.39 is 8.07 Å². The molecule has 0 aromatic rings. The monoisotopic (exact) mass is 234 g/mol. The third-order valence-corrected chi connectivity index (χ3v) is 7.75. The van der Waals surface area contributed by atoms with Gasteiger partial charge in [0.15, 0.2) is 0 Å². The molecular weight excluding hydrogens is 208 g/mol. The van der Waals surface area contributed by atoms with Crippen LogP contribution in [0.4, 0.5) is 0 Å². The lowest BCUT2D eigenvalue weighted by molar-refractivity contribution is 0.168. The van der Waals surface area contributed by atoms with Crippen LogP contribution in [0.15, 0.2) is 10.8 Å². The number of allylic oxidation sites excluding steroid dienone is 2. The quantitative estimate of drug-likeness (QED) is 0.565. The van der Waals surface area contributed by atoms with Gasteiger partial charge in [0.2, 0.25) is 0 Å². The molecule has 90 valence electrons. The molecular formula is C15H26Si. The zero-order valence-electron chi connectivity index (χ0n) is 11.2. The van der Waals surface area contributed by atoms with E-state index in [1.165, 1.54) is 44.9 Å². The molecule has 2 fully saturated rings. The van der Waals surface area contributed by atoms with Crippen molar-refractivity contribution in [1.29, 1.82) is 0 Å². The van der Waals surface area contributed by atoms with Crippen LogP contribution >= 0.6 is 0 Å². The molecule has 0 amide bonds. The predicted octanol–water partition coefficient (Wildman–Crippen LogP) is 4.92. The van der Waals surface area contributed by atoms with Gasteiger partial charge in [-0.05, 0) is 49.9 Å². The van der Waals surface area contributed by atoms with Crippen molar-refractivity contribution in [2.24, 2.45) is 11.3 Å². The summed E-state index contributed by atoms with van der Waals surface area (Å²) in [6.45, 7) is 7.72. The van der Waals surface area contributed by atoms with E-state index in [9.17, 15) is 0 Å². The molecule has 0 nitrogen and oxygen atoms in total. The highest BCUT2D eigenvalue weighted by Gasteiger charge is 2.48. The summed E-state index contributed by atoms with van der Waals surface area (Å²) in [6.07, 6.45) is 12.1. The summed E-state index contributed by atoms with van der Waals surface area (Å²) in [5.74, 6) is 1.07. The summed E-state index contributed by atoms with van der Waals surface area (Å²) in [7, 11) is -1.03. The topological polar surface area (TPSA) is 0 Å². The normalized spacial score (nSPS) is 38.8. The van der Waals surface area contributed by atoms with Crippen LogP contribution in [0.1, 0.15) is 51.4 Å². The van der Waals surface area contributed by atoms with Gasteiger partial charge in [0.25, 0.3) is 0 Å². The van der Waals surface area contributed by atoms with Crippen LogP contribution in [-0.4, -0.2) is 8.07 Å². The highest BCUT2D eigenvalue weighted by atomic mass is 28.3. The van der Waals surface area contributed by atoms with Crippen LogP contribution in [0, 0.1) is 11.3 Å². The van der Waals surface area contributed by atoms with Crippen molar-refractivity contribution in [3.05, 3.63) is 10.8 Å². The summed E-state index contributed by atoms with van der Waals surface area (Å²) < 4.78 is 0. The lowest BCUT2D eigenvalue weighted by Gasteiger charge is -2.47. The Morgan fingerprint density at radius 2 is 1.88 bits per heavy atom. The van der Waals surface area contributed by atoms with Crippen LogP contribution < -0.4 is 0 Å². The minimum atomic E-state index is -1.03. The van der Waals surface area contributed by atoms with Gasteiger partial charge in [-0.1, -0.05) is 43.3 Å². The van der Waals surface area contributed by atoms with Gasteiger partial charge in [0.05, 0.1) is 8.07 Å². The minimum absolute atomic E-state index is 0.733. The molecule has 0 aromatic heterocycles. The lowest BCUT2D eigenvalue weighted by Crippen LogP contribution is -2.38. The van der Waals surface area contributed by atoms with E-state index in [-0.39, 0.29) is 0 Å². The van der Waals surface area contributed by atoms with Gasteiger partial charge >= 0.3 is 0 Å². The van der Waals surface area contributed by atoms with Gasteiger partial charge in [0.1, 0.15) is 0 Å².